The van der Waals surface area contributed by atoms with Crippen molar-refractivity contribution in [2.45, 2.75) is 59.3 Å². The number of carbonyl (C=O) groups is 2. The summed E-state index contributed by atoms with van der Waals surface area (Å²) >= 11 is 0. The zero-order valence-corrected chi connectivity index (χ0v) is 10.6. The zero-order chi connectivity index (χ0) is 12.2. The number of Topliss-reactive ketones (excluding diaryl/α,β-unsaturated/α-hetero) is 2. The first-order valence-corrected chi connectivity index (χ1v) is 6.29. The molecule has 1 rings (SSSR count). The molecule has 0 aromatic carbocycles. The molecule has 0 N–H and O–H groups in total. The van der Waals surface area contributed by atoms with Crippen LogP contribution in [0, 0.1) is 5.41 Å². The van der Waals surface area contributed by atoms with Crippen molar-refractivity contribution in [1.82, 2.24) is 0 Å². The lowest BCUT2D eigenvalue weighted by atomic mass is 9.77. The van der Waals surface area contributed by atoms with Gasteiger partial charge in [-0.15, -0.1) is 0 Å². The molecule has 2 heteroatoms. The monoisotopic (exact) mass is 222 g/mol. The summed E-state index contributed by atoms with van der Waals surface area (Å²) in [7, 11) is 0. The summed E-state index contributed by atoms with van der Waals surface area (Å²) in [6.07, 6.45) is 7.03. The van der Waals surface area contributed by atoms with E-state index in [9.17, 15) is 9.59 Å². The van der Waals surface area contributed by atoms with E-state index in [2.05, 4.69) is 13.8 Å². The number of rotatable bonds is 5. The molecule has 1 fully saturated rings. The summed E-state index contributed by atoms with van der Waals surface area (Å²) < 4.78 is 0. The topological polar surface area (TPSA) is 34.1 Å². The Balaban J connectivity index is 2.80. The quantitative estimate of drug-likeness (QED) is 0.668. The molecule has 1 aliphatic rings. The maximum atomic E-state index is 11.8. The predicted octanol–water partition coefficient (Wildman–Crippen LogP) is 3.45. The van der Waals surface area contributed by atoms with Crippen LogP contribution in [0.3, 0.4) is 0 Å². The summed E-state index contributed by atoms with van der Waals surface area (Å²) in [6, 6.07) is 0. The van der Waals surface area contributed by atoms with Gasteiger partial charge < -0.3 is 4.79 Å². The van der Waals surface area contributed by atoms with Crippen molar-refractivity contribution in [2.24, 2.45) is 5.41 Å². The van der Waals surface area contributed by atoms with Crippen molar-refractivity contribution in [2.75, 3.05) is 0 Å². The molecule has 0 atom stereocenters. The first-order valence-electron chi connectivity index (χ1n) is 6.29. The second-order valence-electron chi connectivity index (χ2n) is 4.77. The van der Waals surface area contributed by atoms with Crippen LogP contribution in [0.4, 0.5) is 0 Å². The lowest BCUT2D eigenvalue weighted by molar-refractivity contribution is -0.117. The van der Waals surface area contributed by atoms with Crippen molar-refractivity contribution in [3.05, 3.63) is 11.6 Å². The minimum absolute atomic E-state index is 0.105. The Labute approximate surface area is 98.1 Å². The average Bonchev–Trinajstić information content (AvgIpc) is 2.57. The van der Waals surface area contributed by atoms with Gasteiger partial charge in [0.25, 0.3) is 0 Å². The van der Waals surface area contributed by atoms with E-state index < -0.39 is 0 Å². The van der Waals surface area contributed by atoms with E-state index in [4.69, 9.17) is 0 Å². The largest absolute Gasteiger partial charge is 0.300 e. The minimum atomic E-state index is 0.105. The molecule has 0 amide bonds. The van der Waals surface area contributed by atoms with Gasteiger partial charge in [-0.2, -0.15) is 0 Å². The summed E-state index contributed by atoms with van der Waals surface area (Å²) in [6.45, 7) is 5.91. The Morgan fingerprint density at radius 2 is 2.00 bits per heavy atom. The first kappa shape index (κ1) is 13.1. The van der Waals surface area contributed by atoms with Gasteiger partial charge in [-0.1, -0.05) is 19.9 Å². The SMILES string of the molecule is CCC1(CC)CCC(=O)/C1=C/CCC(C)=O. The molecule has 2 nitrogen and oxygen atoms in total. The maximum Gasteiger partial charge on any atom is 0.159 e. The third kappa shape index (κ3) is 2.60. The van der Waals surface area contributed by atoms with Gasteiger partial charge >= 0.3 is 0 Å². The maximum absolute atomic E-state index is 11.8. The molecule has 16 heavy (non-hydrogen) atoms. The molecule has 0 aromatic rings. The molecule has 0 saturated heterocycles. The summed E-state index contributed by atoms with van der Waals surface area (Å²) in [5, 5.41) is 0. The molecule has 0 bridgehead atoms. The van der Waals surface area contributed by atoms with Crippen molar-refractivity contribution in [3.8, 4) is 0 Å². The van der Waals surface area contributed by atoms with Gasteiger partial charge in [-0.05, 0) is 43.6 Å². The number of allylic oxidation sites excluding steroid dienone is 2. The van der Waals surface area contributed by atoms with Gasteiger partial charge in [-0.3, -0.25) is 4.79 Å². The van der Waals surface area contributed by atoms with Crippen LogP contribution in [-0.4, -0.2) is 11.6 Å². The number of carbonyl (C=O) groups excluding carboxylic acids is 2. The van der Waals surface area contributed by atoms with Crippen LogP contribution in [0.25, 0.3) is 0 Å². The fraction of sp³-hybridized carbons (Fsp3) is 0.714. The Kier molecular flexibility index (Phi) is 4.45. The van der Waals surface area contributed by atoms with Crippen LogP contribution in [-0.2, 0) is 9.59 Å². The Morgan fingerprint density at radius 3 is 2.50 bits per heavy atom. The zero-order valence-electron chi connectivity index (χ0n) is 10.6. The molecule has 90 valence electrons. The Morgan fingerprint density at radius 1 is 1.38 bits per heavy atom. The van der Waals surface area contributed by atoms with Crippen LogP contribution >= 0.6 is 0 Å². The van der Waals surface area contributed by atoms with Crippen LogP contribution in [0.5, 0.6) is 0 Å². The number of hydrogen-bond acceptors (Lipinski definition) is 2. The third-order valence-electron chi connectivity index (χ3n) is 3.90. The average molecular weight is 222 g/mol. The number of ketones is 2. The van der Waals surface area contributed by atoms with Crippen LogP contribution < -0.4 is 0 Å². The van der Waals surface area contributed by atoms with E-state index in [0.717, 1.165) is 31.3 Å². The highest BCUT2D eigenvalue weighted by Crippen LogP contribution is 2.46. The van der Waals surface area contributed by atoms with Gasteiger partial charge in [0, 0.05) is 12.8 Å². The molecule has 1 aliphatic carbocycles. The Bertz CT molecular complexity index is 309. The van der Waals surface area contributed by atoms with E-state index in [1.54, 1.807) is 6.92 Å². The molecule has 0 aromatic heterocycles. The van der Waals surface area contributed by atoms with E-state index in [1.165, 1.54) is 0 Å². The molecule has 0 radical (unpaired) electrons. The molecule has 1 saturated carbocycles. The second kappa shape index (κ2) is 5.42. The molecular weight excluding hydrogens is 200 g/mol. The normalized spacial score (nSPS) is 21.7. The van der Waals surface area contributed by atoms with E-state index in [0.29, 0.717) is 18.6 Å². The van der Waals surface area contributed by atoms with E-state index in [1.807, 2.05) is 6.08 Å². The standard InChI is InChI=1S/C14H22O2/c1-4-14(5-2)10-9-13(16)12(14)8-6-7-11(3)15/h8H,4-7,9-10H2,1-3H3/b12-8-. The summed E-state index contributed by atoms with van der Waals surface area (Å²) in [5.41, 5.74) is 1.10. The molecular formula is C14H22O2. The molecule has 0 unspecified atom stereocenters. The highest BCUT2D eigenvalue weighted by molar-refractivity contribution is 5.99. The van der Waals surface area contributed by atoms with Crippen molar-refractivity contribution < 1.29 is 9.59 Å². The van der Waals surface area contributed by atoms with E-state index >= 15 is 0 Å². The van der Waals surface area contributed by atoms with Gasteiger partial charge in [-0.25, -0.2) is 0 Å². The lowest BCUT2D eigenvalue weighted by Gasteiger charge is -2.27. The smallest absolute Gasteiger partial charge is 0.159 e. The number of hydrogen-bond donors (Lipinski definition) is 0. The van der Waals surface area contributed by atoms with Gasteiger partial charge in [0.2, 0.25) is 0 Å². The predicted molar refractivity (Wildman–Crippen MR) is 65.3 cm³/mol. The summed E-state index contributed by atoms with van der Waals surface area (Å²) in [5.74, 6) is 0.494. The van der Waals surface area contributed by atoms with Gasteiger partial charge in [0.1, 0.15) is 5.78 Å². The third-order valence-corrected chi connectivity index (χ3v) is 3.90. The van der Waals surface area contributed by atoms with E-state index in [-0.39, 0.29) is 11.2 Å². The highest BCUT2D eigenvalue weighted by atomic mass is 16.1. The minimum Gasteiger partial charge on any atom is -0.300 e. The fourth-order valence-corrected chi connectivity index (χ4v) is 2.65. The Hall–Kier alpha value is -0.920. The van der Waals surface area contributed by atoms with Crippen LogP contribution in [0.1, 0.15) is 59.3 Å². The van der Waals surface area contributed by atoms with Gasteiger partial charge in [0.15, 0.2) is 5.78 Å². The van der Waals surface area contributed by atoms with Crippen LogP contribution in [0.2, 0.25) is 0 Å². The van der Waals surface area contributed by atoms with Crippen molar-refractivity contribution in [1.29, 1.82) is 0 Å². The lowest BCUT2D eigenvalue weighted by Crippen LogP contribution is -2.18. The second-order valence-corrected chi connectivity index (χ2v) is 4.77. The fourth-order valence-electron chi connectivity index (χ4n) is 2.65. The molecule has 0 spiro atoms. The van der Waals surface area contributed by atoms with Crippen LogP contribution in [0.15, 0.2) is 11.6 Å². The first-order chi connectivity index (χ1) is 7.55. The van der Waals surface area contributed by atoms with Gasteiger partial charge in [0.05, 0.1) is 0 Å². The molecule has 0 aliphatic heterocycles. The van der Waals surface area contributed by atoms with Crippen molar-refractivity contribution >= 4 is 11.6 Å². The summed E-state index contributed by atoms with van der Waals surface area (Å²) in [4.78, 5) is 22.7. The van der Waals surface area contributed by atoms with Crippen molar-refractivity contribution in [3.63, 3.8) is 0 Å². The highest BCUT2D eigenvalue weighted by Gasteiger charge is 2.39. The molecule has 0 heterocycles.